The maximum absolute atomic E-state index is 9.53. The Hall–Kier alpha value is -1.20. The fourth-order valence-electron chi connectivity index (χ4n) is 4.85. The Balaban J connectivity index is 1.31. The van der Waals surface area contributed by atoms with Crippen molar-refractivity contribution < 1.29 is 9.84 Å². The van der Waals surface area contributed by atoms with Crippen LogP contribution >= 0.6 is 11.3 Å². The summed E-state index contributed by atoms with van der Waals surface area (Å²) in [5, 5.41) is 9.53. The third kappa shape index (κ3) is 4.51. The van der Waals surface area contributed by atoms with Gasteiger partial charge in [0.1, 0.15) is 0 Å². The SMILES string of the molecule is CCc1ccc(COC[C@@H]2CCc3cc([C@H]4CC[C@](N)(CO)C4)ccc3C2)s1. The number of benzene rings is 1. The molecule has 0 aliphatic heterocycles. The number of fused-ring (bicyclic) bond motifs is 1. The van der Waals surface area contributed by atoms with E-state index in [2.05, 4.69) is 37.3 Å². The van der Waals surface area contributed by atoms with Gasteiger partial charge in [-0.25, -0.2) is 0 Å². The van der Waals surface area contributed by atoms with E-state index in [9.17, 15) is 5.11 Å². The van der Waals surface area contributed by atoms with Crippen LogP contribution in [0.5, 0.6) is 0 Å². The first-order chi connectivity index (χ1) is 13.6. The lowest BCUT2D eigenvalue weighted by Gasteiger charge is -2.26. The van der Waals surface area contributed by atoms with E-state index in [0.717, 1.165) is 51.7 Å². The summed E-state index contributed by atoms with van der Waals surface area (Å²) in [7, 11) is 0. The molecule has 2 aliphatic carbocycles. The number of aliphatic hydroxyl groups is 1. The van der Waals surface area contributed by atoms with Gasteiger partial charge in [-0.15, -0.1) is 11.3 Å². The minimum Gasteiger partial charge on any atom is -0.394 e. The standard InChI is InChI=1S/C24H33NO2S/c1-2-22-7-8-23(28-22)15-27-14-17-3-4-19-12-20(6-5-18(19)11-17)21-9-10-24(25,13-21)16-26/h5-8,12,17,21,26H,2-4,9-11,13-16,25H2,1H3/t17-,21+,24-/m1/s1. The molecule has 0 amide bonds. The molecule has 3 nitrogen and oxygen atoms in total. The molecule has 4 heteroatoms. The summed E-state index contributed by atoms with van der Waals surface area (Å²) in [6.07, 6.45) is 7.52. The smallest absolute Gasteiger partial charge is 0.0809 e. The topological polar surface area (TPSA) is 55.5 Å². The first-order valence-electron chi connectivity index (χ1n) is 10.8. The van der Waals surface area contributed by atoms with Crippen molar-refractivity contribution in [2.75, 3.05) is 13.2 Å². The minimum absolute atomic E-state index is 0.0986. The Morgan fingerprint density at radius 3 is 2.79 bits per heavy atom. The van der Waals surface area contributed by atoms with Crippen LogP contribution in [0.1, 0.15) is 65.0 Å². The zero-order valence-corrected chi connectivity index (χ0v) is 17.8. The third-order valence-corrected chi connectivity index (χ3v) is 7.86. The molecule has 2 aliphatic rings. The first kappa shape index (κ1) is 20.1. The van der Waals surface area contributed by atoms with Crippen molar-refractivity contribution in [1.82, 2.24) is 0 Å². The van der Waals surface area contributed by atoms with Crippen LogP contribution in [-0.4, -0.2) is 23.9 Å². The van der Waals surface area contributed by atoms with Crippen LogP contribution in [0.2, 0.25) is 0 Å². The second kappa shape index (κ2) is 8.66. The van der Waals surface area contributed by atoms with E-state index >= 15 is 0 Å². The Bertz CT molecular complexity index is 802. The summed E-state index contributed by atoms with van der Waals surface area (Å²) in [6.45, 7) is 3.91. The second-order valence-electron chi connectivity index (χ2n) is 8.83. The quantitative estimate of drug-likeness (QED) is 0.716. The summed E-state index contributed by atoms with van der Waals surface area (Å²) in [4.78, 5) is 2.78. The Labute approximate surface area is 172 Å². The molecule has 1 aromatic carbocycles. The van der Waals surface area contributed by atoms with E-state index < -0.39 is 0 Å². The summed E-state index contributed by atoms with van der Waals surface area (Å²) in [5.41, 5.74) is 10.3. The number of hydrogen-bond acceptors (Lipinski definition) is 4. The first-order valence-corrected chi connectivity index (χ1v) is 11.6. The molecule has 1 heterocycles. The van der Waals surface area contributed by atoms with Gasteiger partial charge in [0.25, 0.3) is 0 Å². The zero-order valence-electron chi connectivity index (χ0n) is 17.0. The number of nitrogens with two attached hydrogens (primary N) is 1. The molecule has 152 valence electrons. The third-order valence-electron chi connectivity index (χ3n) is 6.65. The lowest BCUT2D eigenvalue weighted by molar-refractivity contribution is 0.0840. The molecular weight excluding hydrogens is 366 g/mol. The second-order valence-corrected chi connectivity index (χ2v) is 10.1. The van der Waals surface area contributed by atoms with E-state index in [1.807, 2.05) is 11.3 Å². The van der Waals surface area contributed by atoms with Crippen molar-refractivity contribution in [3.05, 3.63) is 56.8 Å². The molecule has 0 bridgehead atoms. The van der Waals surface area contributed by atoms with Gasteiger partial charge in [0.2, 0.25) is 0 Å². The van der Waals surface area contributed by atoms with Gasteiger partial charge >= 0.3 is 0 Å². The lowest BCUT2D eigenvalue weighted by Crippen LogP contribution is -2.40. The molecule has 0 saturated heterocycles. The number of thiophene rings is 1. The molecule has 1 saturated carbocycles. The number of hydrogen-bond donors (Lipinski definition) is 2. The van der Waals surface area contributed by atoms with Crippen molar-refractivity contribution in [3.63, 3.8) is 0 Å². The molecule has 0 unspecified atom stereocenters. The van der Waals surface area contributed by atoms with Crippen LogP contribution < -0.4 is 5.73 Å². The van der Waals surface area contributed by atoms with Gasteiger partial charge in [-0.2, -0.15) is 0 Å². The van der Waals surface area contributed by atoms with Crippen molar-refractivity contribution in [2.45, 2.75) is 69.9 Å². The molecule has 4 rings (SSSR count). The van der Waals surface area contributed by atoms with Gasteiger partial charge in [-0.3, -0.25) is 0 Å². The van der Waals surface area contributed by atoms with Crippen LogP contribution in [0.3, 0.4) is 0 Å². The van der Waals surface area contributed by atoms with Gasteiger partial charge < -0.3 is 15.6 Å². The largest absolute Gasteiger partial charge is 0.394 e. The van der Waals surface area contributed by atoms with Crippen LogP contribution in [0.4, 0.5) is 0 Å². The highest BCUT2D eigenvalue weighted by atomic mass is 32.1. The number of aliphatic hydroxyl groups excluding tert-OH is 1. The predicted molar refractivity (Wildman–Crippen MR) is 116 cm³/mol. The Kier molecular flexibility index (Phi) is 6.21. The molecule has 28 heavy (non-hydrogen) atoms. The normalized spacial score (nSPS) is 27.1. The lowest BCUT2D eigenvalue weighted by atomic mass is 9.82. The Morgan fingerprint density at radius 1 is 1.18 bits per heavy atom. The Morgan fingerprint density at radius 2 is 2.04 bits per heavy atom. The highest BCUT2D eigenvalue weighted by molar-refractivity contribution is 7.11. The van der Waals surface area contributed by atoms with Gasteiger partial charge in [0, 0.05) is 15.3 Å². The summed E-state index contributed by atoms with van der Waals surface area (Å²) in [6, 6.07) is 11.5. The number of aryl methyl sites for hydroxylation is 2. The average molecular weight is 400 g/mol. The molecule has 3 N–H and O–H groups in total. The highest BCUT2D eigenvalue weighted by Gasteiger charge is 2.36. The monoisotopic (exact) mass is 399 g/mol. The molecule has 3 atom stereocenters. The van der Waals surface area contributed by atoms with Crippen molar-refractivity contribution in [2.24, 2.45) is 11.7 Å². The summed E-state index contributed by atoms with van der Waals surface area (Å²) in [5.74, 6) is 1.13. The van der Waals surface area contributed by atoms with Crippen LogP contribution in [0.15, 0.2) is 30.3 Å². The van der Waals surface area contributed by atoms with Crippen molar-refractivity contribution in [3.8, 4) is 0 Å². The summed E-state index contributed by atoms with van der Waals surface area (Å²) >= 11 is 1.87. The van der Waals surface area contributed by atoms with Gasteiger partial charge in [-0.1, -0.05) is 25.1 Å². The van der Waals surface area contributed by atoms with Crippen LogP contribution in [0, 0.1) is 5.92 Å². The van der Waals surface area contributed by atoms with E-state index in [1.165, 1.54) is 32.9 Å². The number of rotatable bonds is 7. The highest BCUT2D eigenvalue weighted by Crippen LogP contribution is 2.40. The minimum atomic E-state index is -0.372. The maximum Gasteiger partial charge on any atom is 0.0809 e. The van der Waals surface area contributed by atoms with E-state index in [-0.39, 0.29) is 12.1 Å². The fourth-order valence-corrected chi connectivity index (χ4v) is 5.74. The molecule has 1 aromatic heterocycles. The molecule has 2 aromatic rings. The summed E-state index contributed by atoms with van der Waals surface area (Å²) < 4.78 is 6.05. The zero-order chi connectivity index (χ0) is 19.6. The van der Waals surface area contributed by atoms with Crippen molar-refractivity contribution >= 4 is 11.3 Å². The van der Waals surface area contributed by atoms with E-state index in [1.54, 1.807) is 0 Å². The average Bonchev–Trinajstić information content (AvgIpc) is 3.35. The number of ether oxygens (including phenoxy) is 1. The van der Waals surface area contributed by atoms with Gasteiger partial charge in [-0.05, 0) is 85.6 Å². The van der Waals surface area contributed by atoms with Gasteiger partial charge in [0.15, 0.2) is 0 Å². The molecular formula is C24H33NO2S. The fraction of sp³-hybridized carbons (Fsp3) is 0.583. The van der Waals surface area contributed by atoms with E-state index in [4.69, 9.17) is 10.5 Å². The maximum atomic E-state index is 9.53. The molecule has 1 fully saturated rings. The van der Waals surface area contributed by atoms with E-state index in [0.29, 0.717) is 11.8 Å². The molecule has 0 spiro atoms. The van der Waals surface area contributed by atoms with Crippen molar-refractivity contribution in [1.29, 1.82) is 0 Å². The predicted octanol–water partition coefficient (Wildman–Crippen LogP) is 4.59. The van der Waals surface area contributed by atoms with Gasteiger partial charge in [0.05, 0.1) is 19.8 Å². The van der Waals surface area contributed by atoms with Crippen LogP contribution in [-0.2, 0) is 30.6 Å². The van der Waals surface area contributed by atoms with Crippen LogP contribution in [0.25, 0.3) is 0 Å². The molecule has 0 radical (unpaired) electrons.